The molecule has 2 aliphatic carbocycles. The number of hydrogen-bond acceptors (Lipinski definition) is 6. The van der Waals surface area contributed by atoms with Crippen LogP contribution in [0, 0.1) is 0 Å². The van der Waals surface area contributed by atoms with E-state index in [1.54, 1.807) is 0 Å². The van der Waals surface area contributed by atoms with Gasteiger partial charge in [0.1, 0.15) is 0 Å². The Labute approximate surface area is 138 Å². The zero-order valence-electron chi connectivity index (χ0n) is 12.6. The van der Waals surface area contributed by atoms with E-state index >= 15 is 0 Å². The van der Waals surface area contributed by atoms with Crippen LogP contribution >= 0.6 is 11.8 Å². The molecule has 1 aromatic heterocycles. The van der Waals surface area contributed by atoms with Crippen molar-refractivity contribution < 1.29 is 18.8 Å². The molecule has 0 atom stereocenters. The highest BCUT2D eigenvalue weighted by Gasteiger charge is 2.29. The highest BCUT2D eigenvalue weighted by Crippen LogP contribution is 2.28. The zero-order chi connectivity index (χ0) is 16.1. The average Bonchev–Trinajstić information content (AvgIpc) is 3.06. The first kappa shape index (κ1) is 15.8. The van der Waals surface area contributed by atoms with Gasteiger partial charge in [0.05, 0.1) is 29.0 Å². The number of carbonyl (C=O) groups excluding carboxylic acids is 2. The van der Waals surface area contributed by atoms with Crippen LogP contribution < -0.4 is 0 Å². The van der Waals surface area contributed by atoms with Crippen LogP contribution in [0.5, 0.6) is 0 Å². The summed E-state index contributed by atoms with van der Waals surface area (Å²) in [7, 11) is 0. The monoisotopic (exact) mass is 331 g/mol. The van der Waals surface area contributed by atoms with Gasteiger partial charge in [-0.15, -0.1) is 11.8 Å². The van der Waals surface area contributed by atoms with Crippen molar-refractivity contribution >= 4 is 23.3 Å². The summed E-state index contributed by atoms with van der Waals surface area (Å²) in [5, 5.41) is 3.52. The number of nitrogens with zero attached hydrogens (tertiary/aromatic N) is 1. The minimum absolute atomic E-state index is 0.0440. The molecule has 0 radical (unpaired) electrons. The van der Waals surface area contributed by atoms with E-state index in [-0.39, 0.29) is 22.9 Å². The van der Waals surface area contributed by atoms with Crippen LogP contribution in [0.3, 0.4) is 0 Å². The normalized spacial score (nSPS) is 16.9. The first-order valence-corrected chi connectivity index (χ1v) is 8.61. The standard InChI is InChI=1S/C17H17NO4S/c19-14-10-15(16(20)13-11-18-22-17(13)14)23-9-5-4-8-21-12-6-2-1-3-7-12/h1-2,6,10-11H,3-5,7-9H2. The second kappa shape index (κ2) is 7.46. The van der Waals surface area contributed by atoms with Gasteiger partial charge in [0.15, 0.2) is 0 Å². The van der Waals surface area contributed by atoms with Crippen LogP contribution in [0.25, 0.3) is 0 Å². The fourth-order valence-corrected chi connectivity index (χ4v) is 3.36. The van der Waals surface area contributed by atoms with Crippen molar-refractivity contribution in [1.82, 2.24) is 5.16 Å². The van der Waals surface area contributed by atoms with E-state index in [1.165, 1.54) is 24.0 Å². The summed E-state index contributed by atoms with van der Waals surface area (Å²) in [4.78, 5) is 24.4. The quantitative estimate of drug-likeness (QED) is 0.710. The molecular weight excluding hydrogens is 314 g/mol. The second-order valence-corrected chi connectivity index (χ2v) is 6.41. The molecule has 6 heteroatoms. The van der Waals surface area contributed by atoms with Crippen molar-refractivity contribution in [3.63, 3.8) is 0 Å². The molecule has 5 nitrogen and oxygen atoms in total. The molecule has 1 aromatic rings. The third kappa shape index (κ3) is 3.82. The van der Waals surface area contributed by atoms with E-state index in [0.29, 0.717) is 11.5 Å². The maximum atomic E-state index is 12.2. The Bertz CT molecular complexity index is 699. The average molecular weight is 331 g/mol. The topological polar surface area (TPSA) is 69.4 Å². The summed E-state index contributed by atoms with van der Waals surface area (Å²) in [6.07, 6.45) is 12.6. The smallest absolute Gasteiger partial charge is 0.225 e. The summed E-state index contributed by atoms with van der Waals surface area (Å²) >= 11 is 1.40. The lowest BCUT2D eigenvalue weighted by molar-refractivity contribution is 0.0967. The molecule has 0 saturated heterocycles. The SMILES string of the molecule is O=C1C(SCCCCOC2=CC=CCC2)=CC(=O)c2oncc21. The molecule has 120 valence electrons. The van der Waals surface area contributed by atoms with Gasteiger partial charge in [0.25, 0.3) is 0 Å². The van der Waals surface area contributed by atoms with E-state index < -0.39 is 0 Å². The third-order valence-corrected chi connectivity index (χ3v) is 4.69. The molecule has 0 spiro atoms. The number of thioether (sulfide) groups is 1. The summed E-state index contributed by atoms with van der Waals surface area (Å²) in [6.45, 7) is 0.682. The van der Waals surface area contributed by atoms with Gasteiger partial charge in [0, 0.05) is 12.5 Å². The molecule has 0 unspecified atom stereocenters. The maximum absolute atomic E-state index is 12.2. The molecule has 23 heavy (non-hydrogen) atoms. The van der Waals surface area contributed by atoms with Crippen LogP contribution in [-0.2, 0) is 4.74 Å². The first-order valence-electron chi connectivity index (χ1n) is 7.62. The van der Waals surface area contributed by atoms with Crippen molar-refractivity contribution in [2.45, 2.75) is 25.7 Å². The second-order valence-electron chi connectivity index (χ2n) is 5.27. The highest BCUT2D eigenvalue weighted by atomic mass is 32.2. The molecule has 0 saturated carbocycles. The predicted molar refractivity (Wildman–Crippen MR) is 87.3 cm³/mol. The number of fused-ring (bicyclic) bond motifs is 1. The number of allylic oxidation sites excluding steroid dienone is 6. The van der Waals surface area contributed by atoms with Gasteiger partial charge in [-0.3, -0.25) is 9.59 Å². The molecule has 0 aromatic carbocycles. The van der Waals surface area contributed by atoms with E-state index in [9.17, 15) is 9.59 Å². The molecule has 0 aliphatic heterocycles. The van der Waals surface area contributed by atoms with Crippen molar-refractivity contribution in [3.8, 4) is 0 Å². The number of ketones is 2. The molecule has 0 N–H and O–H groups in total. The summed E-state index contributed by atoms with van der Waals surface area (Å²) in [5.41, 5.74) is 0.264. The lowest BCUT2D eigenvalue weighted by Gasteiger charge is -2.12. The molecule has 0 bridgehead atoms. The van der Waals surface area contributed by atoms with Crippen molar-refractivity contribution in [3.05, 3.63) is 52.5 Å². The highest BCUT2D eigenvalue weighted by molar-refractivity contribution is 8.04. The van der Waals surface area contributed by atoms with Gasteiger partial charge in [0.2, 0.25) is 17.3 Å². The summed E-state index contributed by atoms with van der Waals surface area (Å²) in [5.74, 6) is 1.38. The van der Waals surface area contributed by atoms with Gasteiger partial charge < -0.3 is 9.26 Å². The Morgan fingerprint density at radius 3 is 3.04 bits per heavy atom. The summed E-state index contributed by atoms with van der Waals surface area (Å²) in [6, 6.07) is 0. The number of Topliss-reactive ketones (excluding diaryl/α,β-unsaturated/α-hetero) is 1. The van der Waals surface area contributed by atoms with Gasteiger partial charge in [-0.1, -0.05) is 17.3 Å². The summed E-state index contributed by atoms with van der Waals surface area (Å²) < 4.78 is 10.5. The first-order chi connectivity index (χ1) is 11.3. The van der Waals surface area contributed by atoms with E-state index in [4.69, 9.17) is 9.26 Å². The number of rotatable bonds is 7. The minimum Gasteiger partial charge on any atom is -0.498 e. The third-order valence-electron chi connectivity index (χ3n) is 3.58. The maximum Gasteiger partial charge on any atom is 0.225 e. The Morgan fingerprint density at radius 1 is 1.30 bits per heavy atom. The minimum atomic E-state index is -0.291. The number of unbranched alkanes of at least 4 members (excludes halogenated alkanes) is 1. The van der Waals surface area contributed by atoms with Gasteiger partial charge >= 0.3 is 0 Å². The number of ether oxygens (including phenoxy) is 1. The van der Waals surface area contributed by atoms with Gasteiger partial charge in [-0.2, -0.15) is 0 Å². The lowest BCUT2D eigenvalue weighted by Crippen LogP contribution is -2.13. The van der Waals surface area contributed by atoms with Crippen molar-refractivity contribution in [1.29, 1.82) is 0 Å². The number of aromatic nitrogens is 1. The van der Waals surface area contributed by atoms with Crippen molar-refractivity contribution in [2.24, 2.45) is 0 Å². The van der Waals surface area contributed by atoms with Crippen LogP contribution in [0.15, 0.2) is 45.7 Å². The van der Waals surface area contributed by atoms with Crippen LogP contribution in [0.4, 0.5) is 0 Å². The van der Waals surface area contributed by atoms with Crippen LogP contribution in [0.2, 0.25) is 0 Å². The van der Waals surface area contributed by atoms with Crippen molar-refractivity contribution in [2.75, 3.05) is 12.4 Å². The van der Waals surface area contributed by atoms with E-state index in [2.05, 4.69) is 11.2 Å². The number of carbonyl (C=O) groups is 2. The van der Waals surface area contributed by atoms with Crippen LogP contribution in [0.1, 0.15) is 46.6 Å². The predicted octanol–water partition coefficient (Wildman–Crippen LogP) is 3.70. The zero-order valence-corrected chi connectivity index (χ0v) is 13.4. The largest absolute Gasteiger partial charge is 0.498 e. The Hall–Kier alpha value is -2.08. The molecule has 0 fully saturated rings. The molecular formula is C17H17NO4S. The number of hydrogen-bond donors (Lipinski definition) is 0. The Morgan fingerprint density at radius 2 is 2.22 bits per heavy atom. The fourth-order valence-electron chi connectivity index (χ4n) is 2.36. The Balaban J connectivity index is 1.39. The Kier molecular flexibility index (Phi) is 5.12. The lowest BCUT2D eigenvalue weighted by atomic mass is 10.0. The fraction of sp³-hybridized carbons (Fsp3) is 0.353. The molecule has 0 amide bonds. The molecule has 2 aliphatic rings. The van der Waals surface area contributed by atoms with Gasteiger partial charge in [-0.05, 0) is 31.1 Å². The van der Waals surface area contributed by atoms with E-state index in [0.717, 1.165) is 37.2 Å². The molecule has 1 heterocycles. The molecule has 3 rings (SSSR count). The van der Waals surface area contributed by atoms with Gasteiger partial charge in [-0.25, -0.2) is 0 Å². The van der Waals surface area contributed by atoms with Crippen LogP contribution in [-0.4, -0.2) is 29.1 Å². The van der Waals surface area contributed by atoms with E-state index in [1.807, 2.05) is 12.2 Å².